The van der Waals surface area contributed by atoms with Gasteiger partial charge in [0.15, 0.2) is 0 Å². The summed E-state index contributed by atoms with van der Waals surface area (Å²) in [6.07, 6.45) is 5.28. The molecule has 0 aliphatic heterocycles. The summed E-state index contributed by atoms with van der Waals surface area (Å²) in [7, 11) is 0. The van der Waals surface area contributed by atoms with Crippen LogP contribution in [0.5, 0.6) is 0 Å². The number of carbonyl (C=O) groups excluding carboxylic acids is 1. The minimum absolute atomic E-state index is 0.340. The van der Waals surface area contributed by atoms with Gasteiger partial charge in [0.05, 0.1) is 11.4 Å². The molecule has 0 atom stereocenters. The van der Waals surface area contributed by atoms with Crippen molar-refractivity contribution in [2.24, 2.45) is 0 Å². The summed E-state index contributed by atoms with van der Waals surface area (Å²) < 4.78 is 18.7. The second-order valence-electron chi connectivity index (χ2n) is 6.66. The highest BCUT2D eigenvalue weighted by Crippen LogP contribution is 2.24. The zero-order valence-corrected chi connectivity index (χ0v) is 14.7. The topological polar surface area (TPSA) is 50.4 Å². The van der Waals surface area contributed by atoms with Gasteiger partial charge >= 0.3 is 6.09 Å². The third-order valence-corrected chi connectivity index (χ3v) is 3.21. The summed E-state index contributed by atoms with van der Waals surface area (Å²) in [5.74, 6) is -0.340. The average Bonchev–Trinajstić information content (AvgIpc) is 2.43. The molecule has 1 rings (SSSR count). The summed E-state index contributed by atoms with van der Waals surface area (Å²) in [5.41, 5.74) is 0.525. The summed E-state index contributed by atoms with van der Waals surface area (Å²) in [5, 5.41) is 5.85. The Labute approximate surface area is 138 Å². The number of hydrogen-bond acceptors (Lipinski definition) is 3. The highest BCUT2D eigenvalue weighted by Gasteiger charge is 2.17. The van der Waals surface area contributed by atoms with E-state index in [1.807, 2.05) is 0 Å². The molecule has 0 aliphatic rings. The lowest BCUT2D eigenvalue weighted by atomic mass is 10.1. The standard InChI is InChI=1S/C18H29FN2O2/c1-5-6-7-8-9-12-20-16-13-14(19)10-11-15(16)21-17(22)23-18(2,3)4/h10-11,13,20H,5-9,12H2,1-4H3,(H,21,22). The van der Waals surface area contributed by atoms with Crippen molar-refractivity contribution in [2.45, 2.75) is 65.4 Å². The Morgan fingerprint density at radius 1 is 1.13 bits per heavy atom. The molecule has 0 saturated heterocycles. The van der Waals surface area contributed by atoms with Gasteiger partial charge in [0.1, 0.15) is 11.4 Å². The summed E-state index contributed by atoms with van der Waals surface area (Å²) in [6, 6.07) is 4.25. The third kappa shape index (κ3) is 8.43. The fourth-order valence-electron chi connectivity index (χ4n) is 2.14. The Morgan fingerprint density at radius 3 is 2.48 bits per heavy atom. The molecule has 0 spiro atoms. The molecular weight excluding hydrogens is 295 g/mol. The predicted molar refractivity (Wildman–Crippen MR) is 93.5 cm³/mol. The van der Waals surface area contributed by atoms with Gasteiger partial charge < -0.3 is 10.1 Å². The molecule has 1 aromatic carbocycles. The second-order valence-corrected chi connectivity index (χ2v) is 6.66. The molecule has 0 radical (unpaired) electrons. The monoisotopic (exact) mass is 324 g/mol. The lowest BCUT2D eigenvalue weighted by molar-refractivity contribution is 0.0636. The van der Waals surface area contributed by atoms with Crippen LogP contribution in [0.4, 0.5) is 20.6 Å². The van der Waals surface area contributed by atoms with E-state index < -0.39 is 11.7 Å². The normalized spacial score (nSPS) is 11.2. The maximum Gasteiger partial charge on any atom is 0.412 e. The first kappa shape index (κ1) is 19.3. The van der Waals surface area contributed by atoms with Crippen LogP contribution in [0.2, 0.25) is 0 Å². The molecule has 0 unspecified atom stereocenters. The molecule has 5 heteroatoms. The van der Waals surface area contributed by atoms with Gasteiger partial charge in [-0.25, -0.2) is 9.18 Å². The number of nitrogens with one attached hydrogen (secondary N) is 2. The van der Waals surface area contributed by atoms with E-state index in [0.717, 1.165) is 19.4 Å². The molecular formula is C18H29FN2O2. The maximum absolute atomic E-state index is 13.4. The summed E-state index contributed by atoms with van der Waals surface area (Å²) in [6.45, 7) is 8.32. The lowest BCUT2D eigenvalue weighted by Crippen LogP contribution is -2.27. The van der Waals surface area contributed by atoms with Gasteiger partial charge in [0, 0.05) is 6.54 Å². The van der Waals surface area contributed by atoms with Gasteiger partial charge in [-0.1, -0.05) is 32.6 Å². The number of rotatable bonds is 8. The molecule has 0 aromatic heterocycles. The maximum atomic E-state index is 13.4. The molecule has 4 nitrogen and oxygen atoms in total. The molecule has 1 amide bonds. The van der Waals surface area contributed by atoms with E-state index in [9.17, 15) is 9.18 Å². The fraction of sp³-hybridized carbons (Fsp3) is 0.611. The number of hydrogen-bond donors (Lipinski definition) is 2. The van der Waals surface area contributed by atoms with E-state index in [0.29, 0.717) is 11.4 Å². The number of carbonyl (C=O) groups is 1. The van der Waals surface area contributed by atoms with Crippen molar-refractivity contribution in [2.75, 3.05) is 17.2 Å². The molecule has 2 N–H and O–H groups in total. The number of anilines is 2. The van der Waals surface area contributed by atoms with E-state index in [4.69, 9.17) is 4.74 Å². The number of halogens is 1. The largest absolute Gasteiger partial charge is 0.444 e. The lowest BCUT2D eigenvalue weighted by Gasteiger charge is -2.20. The number of amides is 1. The van der Waals surface area contributed by atoms with E-state index >= 15 is 0 Å². The Morgan fingerprint density at radius 2 is 1.83 bits per heavy atom. The SMILES string of the molecule is CCCCCCCNc1cc(F)ccc1NC(=O)OC(C)(C)C. The zero-order chi connectivity index (χ0) is 17.3. The number of benzene rings is 1. The Balaban J connectivity index is 2.57. The average molecular weight is 324 g/mol. The Hall–Kier alpha value is -1.78. The van der Waals surface area contributed by atoms with Crippen LogP contribution in [0.3, 0.4) is 0 Å². The Bertz CT molecular complexity index is 498. The minimum atomic E-state index is -0.572. The van der Waals surface area contributed by atoms with Crippen LogP contribution in [0, 0.1) is 5.82 Å². The molecule has 23 heavy (non-hydrogen) atoms. The van der Waals surface area contributed by atoms with Crippen LogP contribution in [0.25, 0.3) is 0 Å². The van der Waals surface area contributed by atoms with Gasteiger partial charge in [0.2, 0.25) is 0 Å². The van der Waals surface area contributed by atoms with E-state index in [2.05, 4.69) is 17.6 Å². The first-order chi connectivity index (χ1) is 10.8. The second kappa shape index (κ2) is 9.38. The first-order valence-electron chi connectivity index (χ1n) is 8.35. The van der Waals surface area contributed by atoms with Crippen LogP contribution in [-0.2, 0) is 4.74 Å². The van der Waals surface area contributed by atoms with Gasteiger partial charge in [-0.15, -0.1) is 0 Å². The third-order valence-electron chi connectivity index (χ3n) is 3.21. The van der Waals surface area contributed by atoms with Crippen LogP contribution in [-0.4, -0.2) is 18.2 Å². The number of ether oxygens (including phenoxy) is 1. The van der Waals surface area contributed by atoms with Gasteiger partial charge in [-0.2, -0.15) is 0 Å². The zero-order valence-electron chi connectivity index (χ0n) is 14.7. The van der Waals surface area contributed by atoms with Crippen LogP contribution in [0.1, 0.15) is 59.8 Å². The van der Waals surface area contributed by atoms with E-state index in [1.54, 1.807) is 26.8 Å². The molecule has 0 fully saturated rings. The highest BCUT2D eigenvalue weighted by atomic mass is 19.1. The summed E-state index contributed by atoms with van der Waals surface area (Å²) in [4.78, 5) is 11.9. The van der Waals surface area contributed by atoms with Crippen LogP contribution >= 0.6 is 0 Å². The fourth-order valence-corrected chi connectivity index (χ4v) is 2.14. The predicted octanol–water partition coefficient (Wildman–Crippen LogP) is 5.56. The van der Waals surface area contributed by atoms with Gasteiger partial charge in [0.25, 0.3) is 0 Å². The van der Waals surface area contributed by atoms with Crippen molar-refractivity contribution in [3.8, 4) is 0 Å². The molecule has 1 aromatic rings. The van der Waals surface area contributed by atoms with Gasteiger partial charge in [-0.3, -0.25) is 5.32 Å². The van der Waals surface area contributed by atoms with Gasteiger partial charge in [-0.05, 0) is 45.4 Å². The van der Waals surface area contributed by atoms with Crippen molar-refractivity contribution < 1.29 is 13.9 Å². The summed E-state index contributed by atoms with van der Waals surface area (Å²) >= 11 is 0. The molecule has 0 heterocycles. The molecule has 0 bridgehead atoms. The molecule has 0 aliphatic carbocycles. The Kier molecular flexibility index (Phi) is 7.86. The van der Waals surface area contributed by atoms with Crippen molar-refractivity contribution in [3.05, 3.63) is 24.0 Å². The van der Waals surface area contributed by atoms with Crippen molar-refractivity contribution in [1.29, 1.82) is 0 Å². The number of unbranched alkanes of at least 4 members (excludes halogenated alkanes) is 4. The minimum Gasteiger partial charge on any atom is -0.444 e. The molecule has 0 saturated carbocycles. The van der Waals surface area contributed by atoms with Crippen molar-refractivity contribution >= 4 is 17.5 Å². The first-order valence-corrected chi connectivity index (χ1v) is 8.35. The van der Waals surface area contributed by atoms with Crippen LogP contribution < -0.4 is 10.6 Å². The van der Waals surface area contributed by atoms with Crippen LogP contribution in [0.15, 0.2) is 18.2 Å². The quantitative estimate of drug-likeness (QED) is 0.616. The molecule has 130 valence electrons. The highest BCUT2D eigenvalue weighted by molar-refractivity contribution is 5.89. The van der Waals surface area contributed by atoms with E-state index in [1.165, 1.54) is 31.4 Å². The van der Waals surface area contributed by atoms with E-state index in [-0.39, 0.29) is 5.82 Å². The smallest absolute Gasteiger partial charge is 0.412 e. The van der Waals surface area contributed by atoms with Crippen molar-refractivity contribution in [1.82, 2.24) is 0 Å². The van der Waals surface area contributed by atoms with Crippen molar-refractivity contribution in [3.63, 3.8) is 0 Å².